The van der Waals surface area contributed by atoms with E-state index >= 15 is 0 Å². The molecule has 1 saturated heterocycles. The summed E-state index contributed by atoms with van der Waals surface area (Å²) >= 11 is 0. The van der Waals surface area contributed by atoms with Gasteiger partial charge in [-0.2, -0.15) is 0 Å². The van der Waals surface area contributed by atoms with Gasteiger partial charge in [-0.15, -0.1) is 0 Å². The van der Waals surface area contributed by atoms with Gasteiger partial charge in [0.05, 0.1) is 17.3 Å². The van der Waals surface area contributed by atoms with E-state index in [1.54, 1.807) is 11.6 Å². The minimum absolute atomic E-state index is 0.000981. The van der Waals surface area contributed by atoms with E-state index in [-0.39, 0.29) is 23.3 Å². The van der Waals surface area contributed by atoms with Crippen LogP contribution in [-0.4, -0.2) is 43.3 Å². The van der Waals surface area contributed by atoms with Crippen LogP contribution in [0.4, 0.5) is 0 Å². The molecule has 0 spiro atoms. The fraction of sp³-hybridized carbons (Fsp3) is 0.520. The van der Waals surface area contributed by atoms with Crippen molar-refractivity contribution in [3.05, 3.63) is 51.9 Å². The van der Waals surface area contributed by atoms with Gasteiger partial charge in [0, 0.05) is 38.3 Å². The zero-order chi connectivity index (χ0) is 22.5. The van der Waals surface area contributed by atoms with Gasteiger partial charge < -0.3 is 5.11 Å². The number of likely N-dealkylation sites (tertiary alicyclic amines) is 1. The number of β-amino-alcohol motifs (C(OH)–C–C–N with tert-alkyl or cyclic N) is 1. The van der Waals surface area contributed by atoms with Crippen LogP contribution in [0.3, 0.4) is 0 Å². The summed E-state index contributed by atoms with van der Waals surface area (Å²) in [6.45, 7) is 13.0. The molecule has 0 radical (unpaired) electrons. The number of hydrogen-bond acceptors (Lipinski definition) is 4. The molecule has 1 aliphatic rings. The first-order valence-electron chi connectivity index (χ1n) is 11.1. The first-order chi connectivity index (χ1) is 14.5. The lowest BCUT2D eigenvalue weighted by Gasteiger charge is -2.25. The zero-order valence-electron chi connectivity index (χ0n) is 19.5. The van der Waals surface area contributed by atoms with E-state index < -0.39 is 0 Å². The molecule has 31 heavy (non-hydrogen) atoms. The number of hydrogen-bond donors (Lipinski definition) is 1. The number of aromatic nitrogens is 3. The lowest BCUT2D eigenvalue weighted by Crippen LogP contribution is -2.27. The number of aryl methyl sites for hydroxylation is 2. The molecule has 0 bridgehead atoms. The van der Waals surface area contributed by atoms with Crippen LogP contribution in [0, 0.1) is 12.3 Å². The number of pyridine rings is 1. The number of aliphatic hydroxyl groups excluding tert-OH is 1. The molecule has 0 saturated carbocycles. The van der Waals surface area contributed by atoms with Gasteiger partial charge in [-0.1, -0.05) is 32.9 Å². The van der Waals surface area contributed by atoms with E-state index in [2.05, 4.69) is 57.7 Å². The summed E-state index contributed by atoms with van der Waals surface area (Å²) in [4.78, 5) is 20.1. The summed E-state index contributed by atoms with van der Waals surface area (Å²) in [5, 5.41) is 9.91. The quantitative estimate of drug-likeness (QED) is 0.693. The predicted octanol–water partition coefficient (Wildman–Crippen LogP) is 3.88. The van der Waals surface area contributed by atoms with E-state index in [0.717, 1.165) is 41.8 Å². The molecule has 2 aromatic heterocycles. The fourth-order valence-corrected chi connectivity index (χ4v) is 4.56. The third-order valence-electron chi connectivity index (χ3n) is 6.38. The lowest BCUT2D eigenvalue weighted by atomic mass is 9.97. The van der Waals surface area contributed by atoms with Crippen LogP contribution in [0.15, 0.2) is 35.1 Å². The van der Waals surface area contributed by atoms with Gasteiger partial charge in [-0.25, -0.2) is 9.78 Å². The monoisotopic (exact) mass is 422 g/mol. The lowest BCUT2D eigenvalue weighted by molar-refractivity contribution is 0.163. The second kappa shape index (κ2) is 7.92. The highest BCUT2D eigenvalue weighted by molar-refractivity contribution is 5.77. The normalized spacial score (nSPS) is 18.7. The molecular weight excluding hydrogens is 388 g/mol. The highest BCUT2D eigenvalue weighted by atomic mass is 16.3. The average Bonchev–Trinajstić information content (AvgIpc) is 3.24. The van der Waals surface area contributed by atoms with E-state index in [1.165, 1.54) is 5.56 Å². The van der Waals surface area contributed by atoms with Crippen molar-refractivity contribution in [2.24, 2.45) is 12.5 Å². The summed E-state index contributed by atoms with van der Waals surface area (Å²) in [6, 6.07) is 10.8. The van der Waals surface area contributed by atoms with Crippen molar-refractivity contribution < 1.29 is 5.11 Å². The summed E-state index contributed by atoms with van der Waals surface area (Å²) in [6.07, 6.45) is 0.607. The number of rotatable bonds is 4. The van der Waals surface area contributed by atoms with Crippen LogP contribution >= 0.6 is 0 Å². The maximum absolute atomic E-state index is 12.9. The van der Waals surface area contributed by atoms with E-state index in [1.807, 2.05) is 16.7 Å². The first kappa shape index (κ1) is 21.8. The minimum Gasteiger partial charge on any atom is -0.392 e. The maximum atomic E-state index is 12.9. The third kappa shape index (κ3) is 4.19. The Labute approximate surface area is 184 Å². The van der Waals surface area contributed by atoms with Gasteiger partial charge in [-0.3, -0.25) is 14.0 Å². The Balaban J connectivity index is 1.75. The van der Waals surface area contributed by atoms with Gasteiger partial charge in [0.15, 0.2) is 5.65 Å². The molecule has 4 rings (SSSR count). The van der Waals surface area contributed by atoms with Crippen LogP contribution in [0.2, 0.25) is 0 Å². The Hall–Kier alpha value is -2.44. The van der Waals surface area contributed by atoms with E-state index in [0.29, 0.717) is 12.2 Å². The van der Waals surface area contributed by atoms with Crippen molar-refractivity contribution >= 4 is 11.2 Å². The van der Waals surface area contributed by atoms with Gasteiger partial charge in [0.2, 0.25) is 0 Å². The number of fused-ring (bicyclic) bond motifs is 1. The number of benzene rings is 1. The van der Waals surface area contributed by atoms with Gasteiger partial charge in [0.25, 0.3) is 0 Å². The minimum atomic E-state index is -0.227. The summed E-state index contributed by atoms with van der Waals surface area (Å²) < 4.78 is 3.48. The van der Waals surface area contributed by atoms with Crippen molar-refractivity contribution in [3.8, 4) is 11.3 Å². The van der Waals surface area contributed by atoms with Gasteiger partial charge in [-0.05, 0) is 55.0 Å². The molecule has 3 heterocycles. The summed E-state index contributed by atoms with van der Waals surface area (Å²) in [7, 11) is 1.80. The zero-order valence-corrected chi connectivity index (χ0v) is 19.5. The van der Waals surface area contributed by atoms with Crippen molar-refractivity contribution in [2.45, 2.75) is 59.7 Å². The average molecular weight is 423 g/mol. The largest absolute Gasteiger partial charge is 0.392 e. The van der Waals surface area contributed by atoms with Crippen LogP contribution in [-0.2, 0) is 13.6 Å². The number of imidazole rings is 1. The van der Waals surface area contributed by atoms with E-state index in [4.69, 9.17) is 4.98 Å². The molecule has 2 unspecified atom stereocenters. The fourth-order valence-electron chi connectivity index (χ4n) is 4.56. The Bertz CT molecular complexity index is 1170. The van der Waals surface area contributed by atoms with E-state index in [9.17, 15) is 9.90 Å². The smallest absolute Gasteiger partial charge is 0.330 e. The number of aliphatic hydroxyl groups is 1. The summed E-state index contributed by atoms with van der Waals surface area (Å²) in [5.41, 5.74) is 5.90. The topological polar surface area (TPSA) is 63.3 Å². The second-order valence-corrected chi connectivity index (χ2v) is 10.2. The summed E-state index contributed by atoms with van der Waals surface area (Å²) in [5.74, 6) is 0. The molecule has 1 N–H and O–H groups in total. The van der Waals surface area contributed by atoms with Gasteiger partial charge >= 0.3 is 5.69 Å². The molecule has 1 aliphatic heterocycles. The highest BCUT2D eigenvalue weighted by Gasteiger charge is 2.26. The van der Waals surface area contributed by atoms with Crippen molar-refractivity contribution in [2.75, 3.05) is 13.1 Å². The molecule has 6 nitrogen and oxygen atoms in total. The molecule has 166 valence electrons. The molecule has 0 amide bonds. The Morgan fingerprint density at radius 2 is 1.97 bits per heavy atom. The van der Waals surface area contributed by atoms with Crippen molar-refractivity contribution in [1.29, 1.82) is 0 Å². The van der Waals surface area contributed by atoms with Crippen LogP contribution < -0.4 is 5.69 Å². The van der Waals surface area contributed by atoms with Crippen LogP contribution in [0.5, 0.6) is 0 Å². The Morgan fingerprint density at radius 1 is 1.23 bits per heavy atom. The highest BCUT2D eigenvalue weighted by Crippen LogP contribution is 2.31. The first-order valence-corrected chi connectivity index (χ1v) is 11.1. The molecule has 2 atom stereocenters. The van der Waals surface area contributed by atoms with Crippen LogP contribution in [0.1, 0.15) is 51.3 Å². The standard InChI is InChI=1S/C25H34N4O2/c1-16-7-8-18(17(2)28-12-11-19(30)14-28)13-20(16)21-9-10-22-23(26-21)27(6)24(31)29(22)15-25(3,4)5/h7-10,13,17,19,30H,11-12,14-15H2,1-6H3. The predicted molar refractivity (Wildman–Crippen MR) is 125 cm³/mol. The van der Waals surface area contributed by atoms with Gasteiger partial charge in [0.1, 0.15) is 0 Å². The molecule has 1 aromatic carbocycles. The molecule has 0 aliphatic carbocycles. The maximum Gasteiger partial charge on any atom is 0.330 e. The second-order valence-electron chi connectivity index (χ2n) is 10.2. The molecule has 6 heteroatoms. The number of nitrogens with zero attached hydrogens (tertiary/aromatic N) is 4. The molecule has 1 fully saturated rings. The van der Waals surface area contributed by atoms with Crippen LogP contribution in [0.25, 0.3) is 22.4 Å². The van der Waals surface area contributed by atoms with Crippen molar-refractivity contribution in [1.82, 2.24) is 19.0 Å². The Morgan fingerprint density at radius 3 is 2.61 bits per heavy atom. The SMILES string of the molecule is Cc1ccc(C(C)N2CCC(O)C2)cc1-c1ccc2c(n1)n(C)c(=O)n2CC(C)(C)C. The Kier molecular flexibility index (Phi) is 5.56. The molecule has 3 aromatic rings. The third-order valence-corrected chi connectivity index (χ3v) is 6.38. The molecular formula is C25H34N4O2. The van der Waals surface area contributed by atoms with Crippen molar-refractivity contribution in [3.63, 3.8) is 0 Å².